The molecule has 0 radical (unpaired) electrons. The summed E-state index contributed by atoms with van der Waals surface area (Å²) < 4.78 is 0. The second-order valence-corrected chi connectivity index (χ2v) is 4.51. The Morgan fingerprint density at radius 3 is 2.47 bits per heavy atom. The van der Waals surface area contributed by atoms with E-state index in [0.717, 1.165) is 0 Å². The van der Waals surface area contributed by atoms with Gasteiger partial charge in [0.05, 0.1) is 11.4 Å². The maximum atomic E-state index is 10.8. The SMILES string of the molecule is Cc1nc(-c2ncccc2Cl)nc(C)c1CC(=O)O. The molecular formula is C13H12ClN3O2. The zero-order valence-corrected chi connectivity index (χ0v) is 11.3. The molecule has 2 aromatic rings. The molecular weight excluding hydrogens is 266 g/mol. The van der Waals surface area contributed by atoms with Crippen LogP contribution in [0.4, 0.5) is 0 Å². The van der Waals surface area contributed by atoms with Gasteiger partial charge in [-0.1, -0.05) is 11.6 Å². The fourth-order valence-corrected chi connectivity index (χ4v) is 2.01. The molecule has 0 bridgehead atoms. The first kappa shape index (κ1) is 13.4. The number of rotatable bonds is 3. The van der Waals surface area contributed by atoms with Crippen molar-refractivity contribution < 1.29 is 9.90 Å². The van der Waals surface area contributed by atoms with Crippen molar-refractivity contribution >= 4 is 17.6 Å². The van der Waals surface area contributed by atoms with Gasteiger partial charge in [-0.25, -0.2) is 9.97 Å². The molecule has 2 rings (SSSR count). The van der Waals surface area contributed by atoms with Crippen LogP contribution in [0.1, 0.15) is 17.0 Å². The molecule has 0 amide bonds. The van der Waals surface area contributed by atoms with Crippen molar-refractivity contribution in [1.82, 2.24) is 15.0 Å². The van der Waals surface area contributed by atoms with E-state index in [2.05, 4.69) is 15.0 Å². The van der Waals surface area contributed by atoms with Crippen molar-refractivity contribution in [1.29, 1.82) is 0 Å². The van der Waals surface area contributed by atoms with Crippen molar-refractivity contribution in [3.05, 3.63) is 40.3 Å². The summed E-state index contributed by atoms with van der Waals surface area (Å²) in [5.41, 5.74) is 2.39. The molecule has 0 aliphatic heterocycles. The second-order valence-electron chi connectivity index (χ2n) is 4.10. The number of halogens is 1. The van der Waals surface area contributed by atoms with Crippen molar-refractivity contribution in [2.45, 2.75) is 20.3 Å². The van der Waals surface area contributed by atoms with Gasteiger partial charge in [0, 0.05) is 23.1 Å². The van der Waals surface area contributed by atoms with E-state index in [-0.39, 0.29) is 6.42 Å². The predicted molar refractivity (Wildman–Crippen MR) is 71.1 cm³/mol. The number of aliphatic carboxylic acids is 1. The van der Waals surface area contributed by atoms with E-state index in [4.69, 9.17) is 16.7 Å². The monoisotopic (exact) mass is 277 g/mol. The average molecular weight is 278 g/mol. The molecule has 19 heavy (non-hydrogen) atoms. The highest BCUT2D eigenvalue weighted by atomic mass is 35.5. The number of hydrogen-bond donors (Lipinski definition) is 1. The van der Waals surface area contributed by atoms with Crippen molar-refractivity contribution in [3.63, 3.8) is 0 Å². The number of nitrogens with zero attached hydrogens (tertiary/aromatic N) is 3. The standard InChI is InChI=1S/C13H12ClN3O2/c1-7-9(6-11(18)19)8(2)17-13(16-7)12-10(14)4-3-5-15-12/h3-5H,6H2,1-2H3,(H,18,19). The normalized spacial score (nSPS) is 10.5. The van der Waals surface area contributed by atoms with Crippen LogP contribution < -0.4 is 0 Å². The molecule has 0 aliphatic rings. The Morgan fingerprint density at radius 1 is 1.32 bits per heavy atom. The Morgan fingerprint density at radius 2 is 1.95 bits per heavy atom. The lowest BCUT2D eigenvalue weighted by atomic mass is 10.1. The number of pyridine rings is 1. The predicted octanol–water partition coefficient (Wildman–Crippen LogP) is 2.44. The minimum Gasteiger partial charge on any atom is -0.481 e. The summed E-state index contributed by atoms with van der Waals surface area (Å²) in [6.45, 7) is 3.51. The fourth-order valence-electron chi connectivity index (χ4n) is 1.80. The molecule has 0 aliphatic carbocycles. The van der Waals surface area contributed by atoms with E-state index < -0.39 is 5.97 Å². The van der Waals surface area contributed by atoms with Gasteiger partial charge in [0.25, 0.3) is 0 Å². The summed E-state index contributed by atoms with van der Waals surface area (Å²) in [5.74, 6) is -0.492. The van der Waals surface area contributed by atoms with Gasteiger partial charge in [-0.3, -0.25) is 9.78 Å². The van der Waals surface area contributed by atoms with Crippen molar-refractivity contribution in [2.24, 2.45) is 0 Å². The van der Waals surface area contributed by atoms with Gasteiger partial charge in [-0.15, -0.1) is 0 Å². The third-order valence-electron chi connectivity index (χ3n) is 2.72. The number of aromatic nitrogens is 3. The summed E-state index contributed by atoms with van der Waals surface area (Å²) >= 11 is 6.05. The topological polar surface area (TPSA) is 76.0 Å². The van der Waals surface area contributed by atoms with Gasteiger partial charge in [0.1, 0.15) is 5.69 Å². The minimum absolute atomic E-state index is 0.0894. The zero-order valence-electron chi connectivity index (χ0n) is 10.5. The van der Waals surface area contributed by atoms with E-state index in [1.165, 1.54) is 0 Å². The van der Waals surface area contributed by atoms with Crippen LogP contribution in [0.3, 0.4) is 0 Å². The van der Waals surface area contributed by atoms with Gasteiger partial charge < -0.3 is 5.11 Å². The summed E-state index contributed by atoms with van der Waals surface area (Å²) in [5, 5.41) is 9.32. The molecule has 0 fully saturated rings. The summed E-state index contributed by atoms with van der Waals surface area (Å²) in [6, 6.07) is 3.44. The van der Waals surface area contributed by atoms with Crippen LogP contribution in [-0.2, 0) is 11.2 Å². The van der Waals surface area contributed by atoms with E-state index >= 15 is 0 Å². The van der Waals surface area contributed by atoms with Crippen LogP contribution in [0.2, 0.25) is 5.02 Å². The third kappa shape index (κ3) is 2.88. The third-order valence-corrected chi connectivity index (χ3v) is 3.02. The maximum Gasteiger partial charge on any atom is 0.307 e. The lowest BCUT2D eigenvalue weighted by Crippen LogP contribution is -2.08. The molecule has 2 heterocycles. The van der Waals surface area contributed by atoms with Crippen molar-refractivity contribution in [3.8, 4) is 11.5 Å². The van der Waals surface area contributed by atoms with Gasteiger partial charge in [-0.2, -0.15) is 0 Å². The number of carboxylic acid groups (broad SMARTS) is 1. The molecule has 1 N–H and O–H groups in total. The molecule has 2 aromatic heterocycles. The van der Waals surface area contributed by atoms with E-state index in [0.29, 0.717) is 33.5 Å². The molecule has 5 nitrogen and oxygen atoms in total. The lowest BCUT2D eigenvalue weighted by Gasteiger charge is -2.09. The fraction of sp³-hybridized carbons (Fsp3) is 0.231. The van der Waals surface area contributed by atoms with E-state index in [1.54, 1.807) is 32.2 Å². The first-order valence-electron chi connectivity index (χ1n) is 5.66. The Kier molecular flexibility index (Phi) is 3.76. The number of hydrogen-bond acceptors (Lipinski definition) is 4. The van der Waals surface area contributed by atoms with Crippen LogP contribution in [-0.4, -0.2) is 26.0 Å². The van der Waals surface area contributed by atoms with Crippen LogP contribution in [0.25, 0.3) is 11.5 Å². The van der Waals surface area contributed by atoms with Gasteiger partial charge in [0.2, 0.25) is 0 Å². The summed E-state index contributed by atoms with van der Waals surface area (Å²) in [7, 11) is 0. The summed E-state index contributed by atoms with van der Waals surface area (Å²) in [6.07, 6.45) is 1.52. The van der Waals surface area contributed by atoms with Gasteiger partial charge in [-0.05, 0) is 26.0 Å². The van der Waals surface area contributed by atoms with Crippen LogP contribution in [0.15, 0.2) is 18.3 Å². The highest BCUT2D eigenvalue weighted by molar-refractivity contribution is 6.32. The van der Waals surface area contributed by atoms with Crippen LogP contribution in [0, 0.1) is 13.8 Å². The molecule has 6 heteroatoms. The Bertz CT molecular complexity index is 621. The lowest BCUT2D eigenvalue weighted by molar-refractivity contribution is -0.136. The van der Waals surface area contributed by atoms with Crippen LogP contribution in [0.5, 0.6) is 0 Å². The Labute approximate surface area is 115 Å². The maximum absolute atomic E-state index is 10.8. The quantitative estimate of drug-likeness (QED) is 0.932. The van der Waals surface area contributed by atoms with E-state index in [9.17, 15) is 4.79 Å². The number of carboxylic acids is 1. The summed E-state index contributed by atoms with van der Waals surface area (Å²) in [4.78, 5) is 23.5. The Hall–Kier alpha value is -2.01. The van der Waals surface area contributed by atoms with Crippen molar-refractivity contribution in [2.75, 3.05) is 0 Å². The molecule has 98 valence electrons. The zero-order chi connectivity index (χ0) is 14.0. The molecule has 0 atom stereocenters. The van der Waals surface area contributed by atoms with Gasteiger partial charge in [0.15, 0.2) is 5.82 Å². The number of aryl methyl sites for hydroxylation is 2. The van der Waals surface area contributed by atoms with E-state index in [1.807, 2.05) is 0 Å². The molecule has 0 saturated carbocycles. The average Bonchev–Trinajstić information content (AvgIpc) is 2.34. The molecule has 0 unspecified atom stereocenters. The largest absolute Gasteiger partial charge is 0.481 e. The highest BCUT2D eigenvalue weighted by Crippen LogP contribution is 2.23. The number of carbonyl (C=O) groups is 1. The first-order valence-corrected chi connectivity index (χ1v) is 6.03. The second kappa shape index (κ2) is 5.32. The first-order chi connectivity index (χ1) is 8.99. The highest BCUT2D eigenvalue weighted by Gasteiger charge is 2.14. The minimum atomic E-state index is -0.904. The molecule has 0 spiro atoms. The Balaban J connectivity index is 2.51. The smallest absolute Gasteiger partial charge is 0.307 e. The molecule has 0 aromatic carbocycles. The van der Waals surface area contributed by atoms with Gasteiger partial charge >= 0.3 is 5.97 Å². The molecule has 0 saturated heterocycles. The van der Waals surface area contributed by atoms with Crippen LogP contribution >= 0.6 is 11.6 Å².